The van der Waals surface area contributed by atoms with E-state index >= 15 is 0 Å². The fourth-order valence-electron chi connectivity index (χ4n) is 3.82. The molecule has 0 N–H and O–H groups in total. The number of halogens is 3. The Balaban J connectivity index is 1.76. The lowest BCUT2D eigenvalue weighted by Gasteiger charge is -2.40. The Morgan fingerprint density at radius 2 is 1.50 bits per heavy atom. The zero-order chi connectivity index (χ0) is 21.9. The molecule has 1 aliphatic rings. The van der Waals surface area contributed by atoms with E-state index in [9.17, 15) is 18.0 Å². The summed E-state index contributed by atoms with van der Waals surface area (Å²) >= 11 is 0. The fraction of sp³-hybridized carbons (Fsp3) is 0.409. The highest BCUT2D eigenvalue weighted by molar-refractivity contribution is 5.95. The Morgan fingerprint density at radius 1 is 0.967 bits per heavy atom. The van der Waals surface area contributed by atoms with Gasteiger partial charge in [0.25, 0.3) is 5.91 Å². The van der Waals surface area contributed by atoms with E-state index in [1.165, 1.54) is 31.3 Å². The molecule has 8 heteroatoms. The van der Waals surface area contributed by atoms with Gasteiger partial charge in [-0.3, -0.25) is 9.69 Å². The zero-order valence-electron chi connectivity index (χ0n) is 17.2. The van der Waals surface area contributed by atoms with Crippen LogP contribution in [0.5, 0.6) is 11.5 Å². The third-order valence-corrected chi connectivity index (χ3v) is 5.39. The number of alkyl halides is 3. The van der Waals surface area contributed by atoms with Crippen LogP contribution in [0.15, 0.2) is 42.5 Å². The lowest BCUT2D eigenvalue weighted by atomic mass is 10.0. The molecule has 3 rings (SSSR count). The van der Waals surface area contributed by atoms with Crippen LogP contribution in [-0.4, -0.2) is 62.3 Å². The predicted molar refractivity (Wildman–Crippen MR) is 107 cm³/mol. The van der Waals surface area contributed by atoms with Gasteiger partial charge in [-0.15, -0.1) is 0 Å². The van der Waals surface area contributed by atoms with Crippen molar-refractivity contribution in [3.05, 3.63) is 59.2 Å². The van der Waals surface area contributed by atoms with E-state index in [2.05, 4.69) is 0 Å². The molecule has 2 aromatic rings. The van der Waals surface area contributed by atoms with Crippen molar-refractivity contribution < 1.29 is 27.4 Å². The molecule has 0 aliphatic carbocycles. The van der Waals surface area contributed by atoms with Crippen LogP contribution in [0.2, 0.25) is 0 Å². The molecule has 0 spiro atoms. The van der Waals surface area contributed by atoms with Crippen molar-refractivity contribution in [1.82, 2.24) is 9.80 Å². The van der Waals surface area contributed by atoms with Crippen molar-refractivity contribution in [3.63, 3.8) is 0 Å². The first-order chi connectivity index (χ1) is 14.3. The van der Waals surface area contributed by atoms with Gasteiger partial charge in [0.1, 0.15) is 17.5 Å². The van der Waals surface area contributed by atoms with E-state index in [-0.39, 0.29) is 37.6 Å². The first kappa shape index (κ1) is 22.0. The quantitative estimate of drug-likeness (QED) is 0.729. The van der Waals surface area contributed by atoms with E-state index in [4.69, 9.17) is 9.47 Å². The maximum Gasteiger partial charge on any atom is 0.408 e. The second kappa shape index (κ2) is 8.95. The molecule has 0 aromatic heterocycles. The largest absolute Gasteiger partial charge is 0.496 e. The molecule has 1 fully saturated rings. The molecule has 0 saturated carbocycles. The van der Waals surface area contributed by atoms with Crippen LogP contribution in [-0.2, 0) is 0 Å². The Bertz CT molecular complexity index is 854. The van der Waals surface area contributed by atoms with Gasteiger partial charge in [-0.25, -0.2) is 0 Å². The standard InChI is InChI=1S/C22H25F3N2O3/c1-15-18(29-2)13-17(14-19(15)30-3)21(28)27-11-9-26(10-12-27)20(22(23,24)25)16-7-5-4-6-8-16/h4-8,13-14,20H,9-12H2,1-3H3. The zero-order valence-corrected chi connectivity index (χ0v) is 17.2. The smallest absolute Gasteiger partial charge is 0.408 e. The van der Waals surface area contributed by atoms with Crippen LogP contribution < -0.4 is 9.47 Å². The lowest BCUT2D eigenvalue weighted by molar-refractivity contribution is -0.189. The van der Waals surface area contributed by atoms with Gasteiger partial charge in [-0.2, -0.15) is 13.2 Å². The summed E-state index contributed by atoms with van der Waals surface area (Å²) in [6, 6.07) is 9.46. The van der Waals surface area contributed by atoms with Gasteiger partial charge in [-0.05, 0) is 24.6 Å². The van der Waals surface area contributed by atoms with Crippen LogP contribution >= 0.6 is 0 Å². The van der Waals surface area contributed by atoms with Crippen LogP contribution in [0.25, 0.3) is 0 Å². The molecular formula is C22H25F3N2O3. The molecule has 0 bridgehead atoms. The topological polar surface area (TPSA) is 42.0 Å². The summed E-state index contributed by atoms with van der Waals surface area (Å²) in [5.41, 5.74) is 1.37. The second-order valence-electron chi connectivity index (χ2n) is 7.19. The van der Waals surface area contributed by atoms with Crippen LogP contribution in [0.1, 0.15) is 27.5 Å². The van der Waals surface area contributed by atoms with Crippen molar-refractivity contribution in [2.75, 3.05) is 40.4 Å². The van der Waals surface area contributed by atoms with Gasteiger partial charge in [0.2, 0.25) is 0 Å². The number of amides is 1. The molecule has 1 amide bonds. The summed E-state index contributed by atoms with van der Waals surface area (Å²) in [7, 11) is 3.02. The summed E-state index contributed by atoms with van der Waals surface area (Å²) in [4.78, 5) is 15.9. The van der Waals surface area contributed by atoms with Gasteiger partial charge >= 0.3 is 6.18 Å². The Morgan fingerprint density at radius 3 is 1.97 bits per heavy atom. The summed E-state index contributed by atoms with van der Waals surface area (Å²) in [6.07, 6.45) is -4.40. The average molecular weight is 422 g/mol. The number of hydrogen-bond acceptors (Lipinski definition) is 4. The molecule has 0 radical (unpaired) electrons. The fourth-order valence-corrected chi connectivity index (χ4v) is 3.82. The van der Waals surface area contributed by atoms with Crippen molar-refractivity contribution in [2.45, 2.75) is 19.1 Å². The molecule has 1 unspecified atom stereocenters. The van der Waals surface area contributed by atoms with Gasteiger partial charge in [0.05, 0.1) is 14.2 Å². The summed E-state index contributed by atoms with van der Waals surface area (Å²) in [5, 5.41) is 0. The van der Waals surface area contributed by atoms with E-state index in [1.54, 1.807) is 35.2 Å². The van der Waals surface area contributed by atoms with Crippen molar-refractivity contribution in [1.29, 1.82) is 0 Å². The monoisotopic (exact) mass is 422 g/mol. The number of benzene rings is 2. The molecule has 1 heterocycles. The summed E-state index contributed by atoms with van der Waals surface area (Å²) in [6.45, 7) is 2.49. The number of methoxy groups -OCH3 is 2. The van der Waals surface area contributed by atoms with Crippen molar-refractivity contribution in [2.24, 2.45) is 0 Å². The highest BCUT2D eigenvalue weighted by atomic mass is 19.4. The minimum absolute atomic E-state index is 0.130. The predicted octanol–water partition coefficient (Wildman–Crippen LogP) is 4.07. The van der Waals surface area contributed by atoms with E-state index < -0.39 is 12.2 Å². The molecule has 1 aliphatic heterocycles. The SMILES string of the molecule is COc1cc(C(=O)N2CCN(C(c3ccccc3)C(F)(F)F)CC2)cc(OC)c1C. The number of carbonyl (C=O) groups is 1. The molecule has 5 nitrogen and oxygen atoms in total. The van der Waals surface area contributed by atoms with Gasteiger partial charge in [-0.1, -0.05) is 30.3 Å². The van der Waals surface area contributed by atoms with E-state index in [0.29, 0.717) is 17.1 Å². The summed E-state index contributed by atoms with van der Waals surface area (Å²) < 4.78 is 51.9. The molecule has 30 heavy (non-hydrogen) atoms. The minimum Gasteiger partial charge on any atom is -0.496 e. The van der Waals surface area contributed by atoms with Crippen molar-refractivity contribution in [3.8, 4) is 11.5 Å². The molecule has 2 aromatic carbocycles. The summed E-state index contributed by atoms with van der Waals surface area (Å²) in [5.74, 6) is 0.796. The highest BCUT2D eigenvalue weighted by Gasteiger charge is 2.45. The maximum atomic E-state index is 13.8. The number of ether oxygens (including phenoxy) is 2. The van der Waals surface area contributed by atoms with Gasteiger partial charge in [0, 0.05) is 37.3 Å². The first-order valence-corrected chi connectivity index (χ1v) is 9.64. The maximum absolute atomic E-state index is 13.8. The number of carbonyl (C=O) groups excluding carboxylic acids is 1. The third kappa shape index (κ3) is 4.53. The first-order valence-electron chi connectivity index (χ1n) is 9.64. The lowest BCUT2D eigenvalue weighted by Crippen LogP contribution is -2.52. The average Bonchev–Trinajstić information content (AvgIpc) is 2.74. The van der Waals surface area contributed by atoms with Crippen LogP contribution in [0, 0.1) is 6.92 Å². The number of hydrogen-bond donors (Lipinski definition) is 0. The van der Waals surface area contributed by atoms with Crippen molar-refractivity contribution >= 4 is 5.91 Å². The molecular weight excluding hydrogens is 397 g/mol. The van der Waals surface area contributed by atoms with Crippen LogP contribution in [0.4, 0.5) is 13.2 Å². The Hall–Kier alpha value is -2.74. The molecule has 162 valence electrons. The minimum atomic E-state index is -4.40. The van der Waals surface area contributed by atoms with E-state index in [0.717, 1.165) is 5.56 Å². The molecule has 1 saturated heterocycles. The third-order valence-electron chi connectivity index (χ3n) is 5.39. The molecule has 1 atom stereocenters. The Kier molecular flexibility index (Phi) is 6.55. The highest BCUT2D eigenvalue weighted by Crippen LogP contribution is 2.38. The number of piperazine rings is 1. The second-order valence-corrected chi connectivity index (χ2v) is 7.19. The van der Waals surface area contributed by atoms with Crippen LogP contribution in [0.3, 0.4) is 0 Å². The number of nitrogens with zero attached hydrogens (tertiary/aromatic N) is 2. The van der Waals surface area contributed by atoms with E-state index in [1.807, 2.05) is 6.92 Å². The normalized spacial score (nSPS) is 16.3. The van der Waals surface area contributed by atoms with Gasteiger partial charge < -0.3 is 14.4 Å². The van der Waals surface area contributed by atoms with Gasteiger partial charge in [0.15, 0.2) is 0 Å². The number of rotatable bonds is 5. The Labute approximate surface area is 174 Å².